The average molecular weight is 395 g/mol. The molecule has 2 atom stereocenters. The number of carbonyl (C=O) groups is 1. The van der Waals surface area contributed by atoms with Gasteiger partial charge in [-0.05, 0) is 33.7 Å². The van der Waals surface area contributed by atoms with Gasteiger partial charge in [-0.15, -0.1) is 6.58 Å². The SMILES string of the molecule is C=C[C@@H](CC=O)[C@H](C)CCO[Si](c1ccccc1)(c1ccccc1)C(C)(C)C. The molecule has 0 saturated carbocycles. The molecule has 2 aromatic rings. The highest BCUT2D eigenvalue weighted by atomic mass is 28.4. The molecule has 0 unspecified atom stereocenters. The van der Waals surface area contributed by atoms with Gasteiger partial charge in [-0.3, -0.25) is 0 Å². The van der Waals surface area contributed by atoms with Crippen LogP contribution in [-0.4, -0.2) is 21.2 Å². The molecule has 2 nitrogen and oxygen atoms in total. The lowest BCUT2D eigenvalue weighted by Crippen LogP contribution is -2.66. The van der Waals surface area contributed by atoms with Crippen LogP contribution in [0.25, 0.3) is 0 Å². The van der Waals surface area contributed by atoms with Gasteiger partial charge >= 0.3 is 0 Å². The van der Waals surface area contributed by atoms with Crippen molar-refractivity contribution in [1.82, 2.24) is 0 Å². The van der Waals surface area contributed by atoms with Crippen molar-refractivity contribution in [3.63, 3.8) is 0 Å². The third kappa shape index (κ3) is 4.89. The monoisotopic (exact) mass is 394 g/mol. The molecule has 0 aromatic heterocycles. The van der Waals surface area contributed by atoms with Gasteiger partial charge in [0, 0.05) is 13.0 Å². The standard InChI is InChI=1S/C25H34O2Si/c1-6-22(17-19-26)21(2)18-20-27-28(25(3,4)5,23-13-9-7-10-14-23)24-15-11-8-12-16-24/h6-16,19,21-22H,1,17-18,20H2,2-5H3/t21-,22+/m1/s1. The Hall–Kier alpha value is -1.97. The zero-order valence-corrected chi connectivity index (χ0v) is 18.7. The molecule has 0 aliphatic heterocycles. The van der Waals surface area contributed by atoms with Crippen molar-refractivity contribution < 1.29 is 9.22 Å². The third-order valence-corrected chi connectivity index (χ3v) is 10.8. The number of benzene rings is 2. The van der Waals surface area contributed by atoms with Crippen LogP contribution in [0.3, 0.4) is 0 Å². The Morgan fingerprint density at radius 3 is 1.89 bits per heavy atom. The minimum atomic E-state index is -2.47. The van der Waals surface area contributed by atoms with Gasteiger partial charge in [-0.2, -0.15) is 0 Å². The van der Waals surface area contributed by atoms with Crippen LogP contribution in [0.1, 0.15) is 40.5 Å². The summed E-state index contributed by atoms with van der Waals surface area (Å²) in [5.41, 5.74) is 0. The summed E-state index contributed by atoms with van der Waals surface area (Å²) in [6.07, 6.45) is 4.34. The van der Waals surface area contributed by atoms with Gasteiger partial charge < -0.3 is 9.22 Å². The van der Waals surface area contributed by atoms with Gasteiger partial charge in [0.15, 0.2) is 0 Å². The van der Waals surface area contributed by atoms with Crippen molar-refractivity contribution in [3.05, 3.63) is 73.3 Å². The normalized spacial score (nSPS) is 14.3. The molecule has 0 radical (unpaired) electrons. The van der Waals surface area contributed by atoms with Crippen LogP contribution >= 0.6 is 0 Å². The first kappa shape index (κ1) is 22.3. The van der Waals surface area contributed by atoms with Crippen molar-refractivity contribution in [2.24, 2.45) is 11.8 Å². The Morgan fingerprint density at radius 2 is 1.50 bits per heavy atom. The van der Waals surface area contributed by atoms with Crippen LogP contribution in [0, 0.1) is 11.8 Å². The molecule has 0 saturated heterocycles. The summed E-state index contributed by atoms with van der Waals surface area (Å²) in [6, 6.07) is 21.4. The minimum absolute atomic E-state index is 0.0143. The maximum absolute atomic E-state index is 10.9. The highest BCUT2D eigenvalue weighted by Crippen LogP contribution is 2.37. The zero-order valence-electron chi connectivity index (χ0n) is 17.7. The molecule has 0 N–H and O–H groups in total. The Balaban J connectivity index is 2.37. The van der Waals surface area contributed by atoms with E-state index in [2.05, 4.69) is 94.9 Å². The zero-order chi connectivity index (χ0) is 20.6. The first-order valence-corrected chi connectivity index (χ1v) is 12.1. The van der Waals surface area contributed by atoms with Crippen LogP contribution in [0.5, 0.6) is 0 Å². The van der Waals surface area contributed by atoms with E-state index in [1.165, 1.54) is 10.4 Å². The number of allylic oxidation sites excluding steroid dienone is 1. The van der Waals surface area contributed by atoms with Crippen LogP contribution in [0.4, 0.5) is 0 Å². The highest BCUT2D eigenvalue weighted by Gasteiger charge is 2.50. The highest BCUT2D eigenvalue weighted by molar-refractivity contribution is 6.99. The lowest BCUT2D eigenvalue weighted by molar-refractivity contribution is -0.108. The van der Waals surface area contributed by atoms with E-state index in [9.17, 15) is 4.79 Å². The largest absolute Gasteiger partial charge is 0.407 e. The molecule has 0 fully saturated rings. The molecular formula is C25H34O2Si. The molecule has 0 bridgehead atoms. The van der Waals surface area contributed by atoms with Gasteiger partial charge in [-0.25, -0.2) is 0 Å². The molecule has 0 aliphatic carbocycles. The maximum atomic E-state index is 10.9. The predicted molar refractivity (Wildman–Crippen MR) is 122 cm³/mol. The Bertz CT molecular complexity index is 695. The van der Waals surface area contributed by atoms with E-state index < -0.39 is 8.32 Å². The topological polar surface area (TPSA) is 26.3 Å². The fourth-order valence-corrected chi connectivity index (χ4v) is 8.63. The van der Waals surface area contributed by atoms with E-state index in [1.807, 2.05) is 6.08 Å². The van der Waals surface area contributed by atoms with Gasteiger partial charge in [0.2, 0.25) is 0 Å². The number of hydrogen-bond donors (Lipinski definition) is 0. The van der Waals surface area contributed by atoms with Crippen molar-refractivity contribution >= 4 is 25.0 Å². The molecule has 28 heavy (non-hydrogen) atoms. The van der Waals surface area contributed by atoms with Gasteiger partial charge in [0.05, 0.1) is 0 Å². The fraction of sp³-hybridized carbons (Fsp3) is 0.400. The molecule has 2 rings (SSSR count). The molecule has 150 valence electrons. The summed E-state index contributed by atoms with van der Waals surface area (Å²) in [5, 5.41) is 2.59. The quantitative estimate of drug-likeness (QED) is 0.323. The number of aldehydes is 1. The van der Waals surface area contributed by atoms with E-state index in [-0.39, 0.29) is 11.0 Å². The van der Waals surface area contributed by atoms with Crippen molar-refractivity contribution in [2.45, 2.75) is 45.6 Å². The summed E-state index contributed by atoms with van der Waals surface area (Å²) < 4.78 is 6.93. The van der Waals surface area contributed by atoms with Gasteiger partial charge in [-0.1, -0.05) is 94.4 Å². The van der Waals surface area contributed by atoms with Gasteiger partial charge in [0.25, 0.3) is 8.32 Å². The van der Waals surface area contributed by atoms with Gasteiger partial charge in [0.1, 0.15) is 6.29 Å². The summed E-state index contributed by atoms with van der Waals surface area (Å²) in [4.78, 5) is 10.9. The first-order chi connectivity index (χ1) is 13.4. The molecule has 3 heteroatoms. The van der Waals surface area contributed by atoms with Crippen LogP contribution in [0.15, 0.2) is 73.3 Å². The van der Waals surface area contributed by atoms with Crippen LogP contribution < -0.4 is 10.4 Å². The van der Waals surface area contributed by atoms with Crippen LogP contribution in [0.2, 0.25) is 5.04 Å². The second kappa shape index (κ2) is 9.99. The second-order valence-electron chi connectivity index (χ2n) is 8.58. The van der Waals surface area contributed by atoms with E-state index in [0.29, 0.717) is 18.9 Å². The molecular weight excluding hydrogens is 360 g/mol. The number of rotatable bonds is 10. The second-order valence-corrected chi connectivity index (χ2v) is 12.9. The third-order valence-electron chi connectivity index (χ3n) is 5.71. The molecule has 0 heterocycles. The molecule has 0 aliphatic rings. The van der Waals surface area contributed by atoms with Crippen molar-refractivity contribution in [2.75, 3.05) is 6.61 Å². The summed E-state index contributed by atoms with van der Waals surface area (Å²) in [6.45, 7) is 13.6. The predicted octanol–water partition coefficient (Wildman–Crippen LogP) is 4.98. The molecule has 0 spiro atoms. The van der Waals surface area contributed by atoms with Crippen LogP contribution in [-0.2, 0) is 9.22 Å². The lowest BCUT2D eigenvalue weighted by Gasteiger charge is -2.43. The van der Waals surface area contributed by atoms with E-state index in [4.69, 9.17) is 4.43 Å². The Kier molecular flexibility index (Phi) is 7.96. The Labute approximate surface area is 171 Å². The number of carbonyl (C=O) groups excluding carboxylic acids is 1. The van der Waals surface area contributed by atoms with E-state index in [0.717, 1.165) is 12.7 Å². The fourth-order valence-electron chi connectivity index (χ4n) is 4.05. The van der Waals surface area contributed by atoms with Crippen molar-refractivity contribution in [3.8, 4) is 0 Å². The first-order valence-electron chi connectivity index (χ1n) is 10.2. The summed E-state index contributed by atoms with van der Waals surface area (Å²) >= 11 is 0. The van der Waals surface area contributed by atoms with Crippen molar-refractivity contribution in [1.29, 1.82) is 0 Å². The number of hydrogen-bond acceptors (Lipinski definition) is 2. The average Bonchev–Trinajstić information content (AvgIpc) is 2.69. The summed E-state index contributed by atoms with van der Waals surface area (Å²) in [7, 11) is -2.47. The lowest BCUT2D eigenvalue weighted by atomic mass is 9.89. The smallest absolute Gasteiger partial charge is 0.261 e. The van der Waals surface area contributed by atoms with E-state index >= 15 is 0 Å². The minimum Gasteiger partial charge on any atom is -0.407 e. The maximum Gasteiger partial charge on any atom is 0.261 e. The summed E-state index contributed by atoms with van der Waals surface area (Å²) in [5.74, 6) is 0.571. The molecule has 0 amide bonds. The molecule has 2 aromatic carbocycles. The van der Waals surface area contributed by atoms with E-state index in [1.54, 1.807) is 0 Å². The Morgan fingerprint density at radius 1 is 1.00 bits per heavy atom.